The molecule has 0 saturated carbocycles. The number of benzene rings is 1. The highest BCUT2D eigenvalue weighted by Crippen LogP contribution is 2.14. The third kappa shape index (κ3) is 5.27. The lowest BCUT2D eigenvalue weighted by Gasteiger charge is -2.08. The zero-order chi connectivity index (χ0) is 19.3. The summed E-state index contributed by atoms with van der Waals surface area (Å²) in [7, 11) is -3.27. The van der Waals surface area contributed by atoms with Crippen LogP contribution in [0.5, 0.6) is 0 Å². The number of carbonyl (C=O) groups excluding carboxylic acids is 2. The van der Waals surface area contributed by atoms with Crippen LogP contribution in [-0.2, 0) is 21.1 Å². The first kappa shape index (κ1) is 19.9. The van der Waals surface area contributed by atoms with Gasteiger partial charge in [0.05, 0.1) is 11.5 Å². The second kappa shape index (κ2) is 8.29. The highest BCUT2D eigenvalue weighted by atomic mass is 35.5. The molecule has 0 atom stereocenters. The van der Waals surface area contributed by atoms with E-state index in [0.717, 1.165) is 6.26 Å². The topological polar surface area (TPSA) is 102 Å². The maximum atomic E-state index is 12.2. The van der Waals surface area contributed by atoms with Gasteiger partial charge in [-0.2, -0.15) is 0 Å². The number of hydrogen-bond acceptors (Lipinski definition) is 6. The molecular weight excluding hydrogens is 380 g/mol. The Morgan fingerprint density at radius 2 is 1.77 bits per heavy atom. The van der Waals surface area contributed by atoms with Crippen molar-refractivity contribution >= 4 is 33.3 Å². The molecule has 0 aliphatic rings. The molecule has 1 amide bonds. The van der Waals surface area contributed by atoms with Gasteiger partial charge in [-0.25, -0.2) is 18.2 Å². The Hall–Kier alpha value is -2.45. The number of rotatable bonds is 6. The molecule has 0 radical (unpaired) electrons. The Labute approximate surface area is 156 Å². The molecule has 0 spiro atoms. The van der Waals surface area contributed by atoms with Crippen LogP contribution in [0, 0.1) is 0 Å². The smallest absolute Gasteiger partial charge is 0.356 e. The van der Waals surface area contributed by atoms with Crippen LogP contribution in [0.1, 0.15) is 33.5 Å². The minimum Gasteiger partial charge on any atom is -0.461 e. The van der Waals surface area contributed by atoms with Crippen molar-refractivity contribution in [2.45, 2.75) is 18.4 Å². The van der Waals surface area contributed by atoms with Crippen molar-refractivity contribution in [2.24, 2.45) is 0 Å². The van der Waals surface area contributed by atoms with E-state index >= 15 is 0 Å². The molecule has 2 aromatic rings. The van der Waals surface area contributed by atoms with Gasteiger partial charge in [0.25, 0.3) is 5.91 Å². The Bertz CT molecular complexity index is 927. The molecule has 0 fully saturated rings. The number of nitrogens with one attached hydrogen (secondary N) is 1. The molecule has 1 aromatic heterocycles. The molecule has 7 nitrogen and oxygen atoms in total. The predicted molar refractivity (Wildman–Crippen MR) is 95.9 cm³/mol. The lowest BCUT2D eigenvalue weighted by molar-refractivity contribution is 0.0519. The normalized spacial score (nSPS) is 11.0. The van der Waals surface area contributed by atoms with E-state index in [2.05, 4.69) is 10.3 Å². The Morgan fingerprint density at radius 3 is 2.35 bits per heavy atom. The summed E-state index contributed by atoms with van der Waals surface area (Å²) < 4.78 is 27.7. The lowest BCUT2D eigenvalue weighted by Crippen LogP contribution is -2.24. The van der Waals surface area contributed by atoms with Gasteiger partial charge in [-0.05, 0) is 36.8 Å². The van der Waals surface area contributed by atoms with Crippen molar-refractivity contribution in [3.8, 4) is 0 Å². The SMILES string of the molecule is CCOC(=O)c1cc(Cl)cc(C(=O)NCc2ccc(S(C)(=O)=O)cc2)n1. The minimum absolute atomic E-state index is 0.0201. The molecule has 1 N–H and O–H groups in total. The van der Waals surface area contributed by atoms with Gasteiger partial charge in [-0.15, -0.1) is 0 Å². The van der Waals surface area contributed by atoms with E-state index < -0.39 is 21.7 Å². The Kier molecular flexibility index (Phi) is 6.33. The van der Waals surface area contributed by atoms with Crippen LogP contribution < -0.4 is 5.32 Å². The predicted octanol–water partition coefficient (Wildman–Crippen LogP) is 2.25. The summed E-state index contributed by atoms with van der Waals surface area (Å²) in [5.74, 6) is -1.19. The van der Waals surface area contributed by atoms with Crippen molar-refractivity contribution in [3.05, 3.63) is 58.4 Å². The largest absolute Gasteiger partial charge is 0.461 e. The highest BCUT2D eigenvalue weighted by molar-refractivity contribution is 7.90. The third-order valence-corrected chi connectivity index (χ3v) is 4.66. The number of halogens is 1. The van der Waals surface area contributed by atoms with Gasteiger partial charge in [-0.3, -0.25) is 4.79 Å². The molecule has 0 bridgehead atoms. The van der Waals surface area contributed by atoms with Crippen molar-refractivity contribution in [1.82, 2.24) is 10.3 Å². The molecule has 1 heterocycles. The molecule has 138 valence electrons. The summed E-state index contributed by atoms with van der Waals surface area (Å²) in [4.78, 5) is 28.1. The molecule has 1 aromatic carbocycles. The summed E-state index contributed by atoms with van der Waals surface area (Å²) in [6, 6.07) is 8.80. The van der Waals surface area contributed by atoms with Gasteiger partial charge in [-0.1, -0.05) is 23.7 Å². The highest BCUT2D eigenvalue weighted by Gasteiger charge is 2.15. The molecule has 0 saturated heterocycles. The van der Waals surface area contributed by atoms with Gasteiger partial charge >= 0.3 is 5.97 Å². The third-order valence-electron chi connectivity index (χ3n) is 3.31. The maximum Gasteiger partial charge on any atom is 0.356 e. The van der Waals surface area contributed by atoms with Crippen LogP contribution in [0.25, 0.3) is 0 Å². The first-order valence-corrected chi connectivity index (χ1v) is 9.89. The number of nitrogens with zero attached hydrogens (tertiary/aromatic N) is 1. The van der Waals surface area contributed by atoms with Crippen LogP contribution in [-0.4, -0.2) is 38.1 Å². The van der Waals surface area contributed by atoms with Crippen LogP contribution in [0.4, 0.5) is 0 Å². The van der Waals surface area contributed by atoms with Gasteiger partial charge in [0.1, 0.15) is 5.69 Å². The van der Waals surface area contributed by atoms with Gasteiger partial charge in [0, 0.05) is 17.8 Å². The second-order valence-electron chi connectivity index (χ2n) is 5.38. The molecule has 0 unspecified atom stereocenters. The molecule has 0 aliphatic heterocycles. The first-order chi connectivity index (χ1) is 12.2. The van der Waals surface area contributed by atoms with Crippen molar-refractivity contribution in [3.63, 3.8) is 0 Å². The second-order valence-corrected chi connectivity index (χ2v) is 7.83. The van der Waals surface area contributed by atoms with E-state index in [1.165, 1.54) is 24.3 Å². The summed E-state index contributed by atoms with van der Waals surface area (Å²) in [6.07, 6.45) is 1.12. The monoisotopic (exact) mass is 396 g/mol. The summed E-state index contributed by atoms with van der Waals surface area (Å²) in [5, 5.41) is 2.82. The van der Waals surface area contributed by atoms with E-state index in [4.69, 9.17) is 16.3 Å². The number of hydrogen-bond donors (Lipinski definition) is 1. The number of pyridine rings is 1. The lowest BCUT2D eigenvalue weighted by atomic mass is 10.2. The zero-order valence-electron chi connectivity index (χ0n) is 14.2. The number of aromatic nitrogens is 1. The van der Waals surface area contributed by atoms with Crippen LogP contribution in [0.15, 0.2) is 41.3 Å². The fourth-order valence-electron chi connectivity index (χ4n) is 2.05. The molecule has 9 heteroatoms. The number of ether oxygens (including phenoxy) is 1. The van der Waals surface area contributed by atoms with E-state index in [-0.39, 0.29) is 34.5 Å². The first-order valence-electron chi connectivity index (χ1n) is 7.62. The molecule has 2 rings (SSSR count). The minimum atomic E-state index is -3.27. The van der Waals surface area contributed by atoms with Gasteiger partial charge in [0.2, 0.25) is 0 Å². The van der Waals surface area contributed by atoms with Crippen molar-refractivity contribution < 1.29 is 22.7 Å². The fraction of sp³-hybridized carbons (Fsp3) is 0.235. The quantitative estimate of drug-likeness (QED) is 0.751. The number of sulfone groups is 1. The maximum absolute atomic E-state index is 12.2. The number of amides is 1. The Morgan fingerprint density at radius 1 is 1.15 bits per heavy atom. The summed E-state index contributed by atoms with van der Waals surface area (Å²) >= 11 is 5.93. The Balaban J connectivity index is 2.09. The molecule has 26 heavy (non-hydrogen) atoms. The fourth-order valence-corrected chi connectivity index (χ4v) is 2.89. The summed E-state index contributed by atoms with van der Waals surface area (Å²) in [6.45, 7) is 1.99. The molecular formula is C17H17ClN2O5S. The van der Waals surface area contributed by atoms with Gasteiger partial charge in [0.15, 0.2) is 15.5 Å². The van der Waals surface area contributed by atoms with E-state index in [1.807, 2.05) is 0 Å². The van der Waals surface area contributed by atoms with Gasteiger partial charge < -0.3 is 10.1 Å². The molecule has 0 aliphatic carbocycles. The number of esters is 1. The van der Waals surface area contributed by atoms with Crippen molar-refractivity contribution in [2.75, 3.05) is 12.9 Å². The average Bonchev–Trinajstić information content (AvgIpc) is 2.59. The van der Waals surface area contributed by atoms with E-state index in [1.54, 1.807) is 19.1 Å². The van der Waals surface area contributed by atoms with Crippen LogP contribution >= 0.6 is 11.6 Å². The van der Waals surface area contributed by atoms with E-state index in [9.17, 15) is 18.0 Å². The average molecular weight is 397 g/mol. The van der Waals surface area contributed by atoms with E-state index in [0.29, 0.717) is 5.56 Å². The van der Waals surface area contributed by atoms with Crippen LogP contribution in [0.2, 0.25) is 5.02 Å². The number of carbonyl (C=O) groups is 2. The van der Waals surface area contributed by atoms with Crippen molar-refractivity contribution in [1.29, 1.82) is 0 Å². The summed E-state index contributed by atoms with van der Waals surface area (Å²) in [5.41, 5.74) is 0.633. The standard InChI is InChI=1S/C17H17ClN2O5S/c1-3-25-17(22)15-9-12(18)8-14(20-15)16(21)19-10-11-4-6-13(7-5-11)26(2,23)24/h4-9H,3,10H2,1-2H3,(H,19,21). The zero-order valence-corrected chi connectivity index (χ0v) is 15.7. The van der Waals surface area contributed by atoms with Crippen LogP contribution in [0.3, 0.4) is 0 Å².